The van der Waals surface area contributed by atoms with Gasteiger partial charge in [0.05, 0.1) is 96.1 Å². The lowest BCUT2D eigenvalue weighted by molar-refractivity contribution is -0.377. The molecule has 22 atom stereocenters. The number of thioether (sulfide) groups is 1. The molecule has 99 heavy (non-hydrogen) atoms. The summed E-state index contributed by atoms with van der Waals surface area (Å²) in [7, 11) is -8.53. The van der Waals surface area contributed by atoms with Gasteiger partial charge in [0.1, 0.15) is 103 Å². The molecule has 0 spiro atoms. The fraction of sp³-hybridized carbons (Fsp3) is 0.760. The molecule has 0 aliphatic carbocycles. The second kappa shape index (κ2) is 40.6. The maximum absolute atomic E-state index is 12.9. The van der Waals surface area contributed by atoms with E-state index in [1.807, 2.05) is 0 Å². The molecule has 6 heterocycles. The predicted octanol–water partition coefficient (Wildman–Crippen LogP) is -13.3. The number of halogens is 1. The van der Waals surface area contributed by atoms with Crippen molar-refractivity contribution in [3.05, 3.63) is 45.5 Å². The Labute approximate surface area is 575 Å². The highest BCUT2D eigenvalue weighted by atomic mass is 35.5. The number of carbonyl (C=O) groups excluding carboxylic acids is 4. The Morgan fingerprint density at radius 2 is 1.08 bits per heavy atom. The molecular weight excluding hydrogens is 1450 g/mol. The molecule has 0 radical (unpaired) electrons. The number of phosphoric acid groups is 2. The van der Waals surface area contributed by atoms with E-state index in [0.717, 1.165) is 39.0 Å². The highest BCUT2D eigenvalue weighted by molar-refractivity contribution is 7.99. The first kappa shape index (κ1) is 87.1. The SMILES string of the molecule is COCCOCCS.COCCOCCSCC(=O)N[C@H]1C([C@H](O)[C@H](O)CO)O[C@](OP(=O)([O-])OCC2OC(n3ccc(N)nc3=O)[C@H](O)[C@@H]2O)(C(=O)[O-])C[C@H]1O.Nc1ccn(C2OC(COP(=O)([O-])O[C@@]3(C(=O)[O-])C[C@@H](O)[C@@H](NC(=O)CCl)C([C@H](O)[C@H](O)CO)O3)[C@@H](O)[C@H]2O)c(=O)n1. The number of nitrogens with one attached hydrogen (secondary N) is 2. The lowest BCUT2D eigenvalue weighted by atomic mass is 9.88. The molecule has 4 fully saturated rings. The van der Waals surface area contributed by atoms with Gasteiger partial charge in [-0.05, 0) is 12.1 Å². The average molecular weight is 1530 g/mol. The Balaban J connectivity index is 0.000000381. The van der Waals surface area contributed by atoms with Crippen molar-refractivity contribution < 1.29 is 166 Å². The van der Waals surface area contributed by atoms with Crippen molar-refractivity contribution in [2.75, 3.05) is 115 Å². The minimum Gasteiger partial charge on any atom is -0.756 e. The predicted molar refractivity (Wildman–Crippen MR) is 323 cm³/mol. The maximum atomic E-state index is 12.9. The van der Waals surface area contributed by atoms with Gasteiger partial charge in [0.15, 0.2) is 12.5 Å². The molecule has 0 bridgehead atoms. The third kappa shape index (κ3) is 24.9. The van der Waals surface area contributed by atoms with Crippen molar-refractivity contribution >= 4 is 87.0 Å². The molecule has 568 valence electrons. The summed E-state index contributed by atoms with van der Waals surface area (Å²) in [5.74, 6) is -13.3. The van der Waals surface area contributed by atoms with Crippen LogP contribution in [0.4, 0.5) is 11.6 Å². The van der Waals surface area contributed by atoms with Crippen LogP contribution in [0.15, 0.2) is 34.1 Å². The van der Waals surface area contributed by atoms with Crippen molar-refractivity contribution in [2.24, 2.45) is 0 Å². The third-order valence-electron chi connectivity index (χ3n) is 14.3. The number of amides is 2. The maximum Gasteiger partial charge on any atom is 0.351 e. The number of aliphatic hydroxyl groups is 12. The Hall–Kier alpha value is -4.35. The number of nitrogen functional groups attached to an aromatic ring is 2. The van der Waals surface area contributed by atoms with Gasteiger partial charge in [0.25, 0.3) is 15.6 Å². The van der Waals surface area contributed by atoms with Gasteiger partial charge in [-0.1, -0.05) is 0 Å². The van der Waals surface area contributed by atoms with Crippen LogP contribution in [0, 0.1) is 0 Å². The van der Waals surface area contributed by atoms with Crippen molar-refractivity contribution in [3.8, 4) is 0 Å². The quantitative estimate of drug-likeness (QED) is 0.0130. The first-order chi connectivity index (χ1) is 46.5. The van der Waals surface area contributed by atoms with E-state index in [4.69, 9.17) is 65.5 Å². The van der Waals surface area contributed by atoms with Crippen LogP contribution < -0.4 is 53.5 Å². The van der Waals surface area contributed by atoms with Crippen LogP contribution in [0.2, 0.25) is 0 Å². The van der Waals surface area contributed by atoms with Crippen molar-refractivity contribution in [1.82, 2.24) is 29.7 Å². The second-order valence-electron chi connectivity index (χ2n) is 21.4. The zero-order chi connectivity index (χ0) is 74.3. The van der Waals surface area contributed by atoms with E-state index in [2.05, 4.69) is 46.8 Å². The van der Waals surface area contributed by atoms with Gasteiger partial charge in [-0.3, -0.25) is 36.9 Å². The Morgan fingerprint density at radius 1 is 0.687 bits per heavy atom. The van der Waals surface area contributed by atoms with Crippen LogP contribution in [0.5, 0.6) is 0 Å². The number of carboxylic acids is 2. The zero-order valence-electron chi connectivity index (χ0n) is 52.3. The Morgan fingerprint density at radius 3 is 1.43 bits per heavy atom. The van der Waals surface area contributed by atoms with E-state index < -0.39 is 217 Å². The number of hydrogen-bond acceptors (Lipinski definition) is 42. The average Bonchev–Trinajstić information content (AvgIpc) is 1.62. The number of nitrogens with zero attached hydrogens (tertiary/aromatic N) is 4. The molecule has 2 amide bonds. The molecule has 49 heteroatoms. The lowest BCUT2D eigenvalue weighted by Gasteiger charge is -2.50. The fourth-order valence-electron chi connectivity index (χ4n) is 9.42. The summed E-state index contributed by atoms with van der Waals surface area (Å²) in [5, 5.41) is 151. The molecule has 44 nitrogen and oxygen atoms in total. The summed E-state index contributed by atoms with van der Waals surface area (Å²) in [5.41, 5.74) is 8.88. The van der Waals surface area contributed by atoms with Gasteiger partial charge in [-0.25, -0.2) is 9.59 Å². The zero-order valence-corrected chi connectivity index (χ0v) is 56.5. The highest BCUT2D eigenvalue weighted by Gasteiger charge is 2.57. The molecule has 0 saturated carbocycles. The number of carbonyl (C=O) groups is 4. The van der Waals surface area contributed by atoms with Gasteiger partial charge in [-0.2, -0.15) is 22.6 Å². The largest absolute Gasteiger partial charge is 0.756 e. The molecule has 4 saturated heterocycles. The van der Waals surface area contributed by atoms with Gasteiger partial charge < -0.3 is 160 Å². The molecule has 0 aromatic carbocycles. The van der Waals surface area contributed by atoms with E-state index in [1.54, 1.807) is 7.11 Å². The number of aromatic nitrogens is 4. The summed E-state index contributed by atoms with van der Waals surface area (Å²) in [4.78, 5) is 105. The standard InChI is InChI=1S/C25H41N4O18PS.C20H30ClN4O16P.C5H12O2S/c1-42-4-5-43-6-7-49-11-16(33)28-17-12(31)8-25(23(37)38,46-21(17)18(34)13(32)9-30)47-48(40,41)44-10-14-19(35)20(36)22(45-14)29-3-2-15(26)27-24(29)39;21-4-11(29)24-12-7(27)3-20(18(33)34,40-16(12)13(30)8(28)5-26)41-42(36,37)38-6-9-14(31)15(32)17(39-9)25-2-1-10(22)23-19(25)35;1-6-2-3-7-4-5-8/h2-3,12-14,17-22,30-32,34-36H,4-11H2,1H3,(H,28,33)(H,37,38)(H,40,41)(H2,26,27,39);1-2,7-9,12-17,26-28,30-32H,3-6H2,(H,24,29)(H,33,34)(H,36,37)(H2,22,23,35);8H,2-5H2,1H3/p-4/t12-,13-,14?,17-,18-,19-,20-,21?,22?,25-;7-,8-,9?,12-,13-,14-,15-,16?,17?,20-;/m11./s1. The van der Waals surface area contributed by atoms with Crippen LogP contribution >= 0.6 is 51.6 Å². The van der Waals surface area contributed by atoms with Gasteiger partial charge in [-0.15, -0.1) is 23.4 Å². The fourth-order valence-corrected chi connectivity index (χ4v) is 12.1. The topological polar surface area (TPSA) is 694 Å². The minimum absolute atomic E-state index is 0.153. The monoisotopic (exact) mass is 1530 g/mol. The van der Waals surface area contributed by atoms with Crippen LogP contribution in [0.3, 0.4) is 0 Å². The third-order valence-corrected chi connectivity index (χ3v) is 17.6. The molecular formula is C50H79ClN8O36P2S2-4. The van der Waals surface area contributed by atoms with Crippen LogP contribution in [-0.2, 0) is 84.3 Å². The summed E-state index contributed by atoms with van der Waals surface area (Å²) in [6.07, 6.45) is -30.8. The van der Waals surface area contributed by atoms with Gasteiger partial charge >= 0.3 is 11.4 Å². The van der Waals surface area contributed by atoms with Crippen LogP contribution in [0.1, 0.15) is 25.3 Å². The number of ether oxygens (including phenoxy) is 8. The number of anilines is 2. The number of rotatable bonds is 36. The van der Waals surface area contributed by atoms with Crippen LogP contribution in [0.25, 0.3) is 0 Å². The van der Waals surface area contributed by atoms with Gasteiger partial charge in [0.2, 0.25) is 23.4 Å². The number of methoxy groups -OCH3 is 2. The summed E-state index contributed by atoms with van der Waals surface area (Å²) in [6.45, 7) is -1.39. The smallest absolute Gasteiger partial charge is 0.351 e. The molecule has 4 aliphatic rings. The second-order valence-corrected chi connectivity index (χ2v) is 25.9. The van der Waals surface area contributed by atoms with E-state index >= 15 is 0 Å². The highest BCUT2D eigenvalue weighted by Crippen LogP contribution is 2.50. The lowest BCUT2D eigenvalue weighted by Crippen LogP contribution is -2.69. The number of thiol groups is 1. The number of carboxylic acid groups (broad SMARTS) is 2. The summed E-state index contributed by atoms with van der Waals surface area (Å²) >= 11 is 10.5. The number of phosphoric ester groups is 2. The molecule has 18 N–H and O–H groups in total. The first-order valence-electron chi connectivity index (χ1n) is 29.1. The summed E-state index contributed by atoms with van der Waals surface area (Å²) < 4.78 is 86.7. The number of alkyl halides is 1. The molecule has 2 aromatic rings. The van der Waals surface area contributed by atoms with Crippen molar-refractivity contribution in [2.45, 2.75) is 134 Å². The first-order valence-corrected chi connectivity index (χ1v) is 34.4. The number of aliphatic carboxylic acids is 2. The van der Waals surface area contributed by atoms with E-state index in [0.29, 0.717) is 38.8 Å². The molecule has 4 aliphatic heterocycles. The van der Waals surface area contributed by atoms with Gasteiger partial charge in [0, 0.05) is 51.0 Å². The minimum atomic E-state index is -5.86. The number of nitrogens with two attached hydrogens (primary N) is 2. The van der Waals surface area contributed by atoms with Crippen molar-refractivity contribution in [1.29, 1.82) is 0 Å². The summed E-state index contributed by atoms with van der Waals surface area (Å²) in [6, 6.07) is -0.994. The normalized spacial score (nSPS) is 30.8. The number of hydrogen-bond donors (Lipinski definition) is 17. The van der Waals surface area contributed by atoms with E-state index in [9.17, 15) is 119 Å². The van der Waals surface area contributed by atoms with Crippen LogP contribution in [-0.4, -0.2) is 317 Å². The molecule has 8 unspecified atom stereocenters. The Bertz CT molecular complexity index is 3110. The Kier molecular flexibility index (Phi) is 35.7. The van der Waals surface area contributed by atoms with E-state index in [1.165, 1.54) is 19.2 Å². The molecule has 2 aromatic heterocycles. The van der Waals surface area contributed by atoms with Crippen molar-refractivity contribution in [3.63, 3.8) is 0 Å². The number of aliphatic hydroxyl groups excluding tert-OH is 12. The molecule has 6 rings (SSSR count). The van der Waals surface area contributed by atoms with E-state index in [-0.39, 0.29) is 24.0 Å².